The van der Waals surface area contributed by atoms with Crippen LogP contribution in [0.2, 0.25) is 0 Å². The van der Waals surface area contributed by atoms with Crippen molar-refractivity contribution in [1.29, 1.82) is 0 Å². The highest BCUT2D eigenvalue weighted by Gasteiger charge is 2.43. The average Bonchev–Trinajstić information content (AvgIpc) is 2.64. The second kappa shape index (κ2) is 6.01. The number of nitrogens with one attached hydrogen (secondary N) is 2. The Labute approximate surface area is 134 Å². The Morgan fingerprint density at radius 2 is 1.86 bits per heavy atom. The van der Waals surface area contributed by atoms with Crippen LogP contribution in [0.1, 0.15) is 58.7 Å². The molecule has 1 unspecified atom stereocenters. The van der Waals surface area contributed by atoms with E-state index in [9.17, 15) is 4.79 Å². The summed E-state index contributed by atoms with van der Waals surface area (Å²) in [4.78, 5) is 14.9. The molecule has 0 fully saturated rings. The Morgan fingerprint density at radius 1 is 1.23 bits per heavy atom. The van der Waals surface area contributed by atoms with Gasteiger partial charge in [-0.3, -0.25) is 15.0 Å². The third-order valence-corrected chi connectivity index (χ3v) is 4.13. The first-order chi connectivity index (χ1) is 10.1. The van der Waals surface area contributed by atoms with Gasteiger partial charge in [0.1, 0.15) is 6.04 Å². The minimum Gasteiger partial charge on any atom is -0.324 e. The number of anilines is 1. The summed E-state index contributed by atoms with van der Waals surface area (Å²) in [6.45, 7) is 14.9. The third-order valence-electron chi connectivity index (χ3n) is 4.13. The minimum absolute atomic E-state index is 0.0629. The summed E-state index contributed by atoms with van der Waals surface area (Å²) in [6, 6.07) is 6.50. The molecule has 0 aliphatic carbocycles. The molecule has 4 nitrogen and oxygen atoms in total. The molecule has 1 heterocycles. The van der Waals surface area contributed by atoms with Crippen molar-refractivity contribution in [1.82, 2.24) is 10.2 Å². The molecule has 2 rings (SSSR count). The van der Waals surface area contributed by atoms with Crippen LogP contribution < -0.4 is 10.6 Å². The van der Waals surface area contributed by atoms with E-state index in [1.54, 1.807) is 0 Å². The summed E-state index contributed by atoms with van der Waals surface area (Å²) >= 11 is 0. The monoisotopic (exact) mass is 303 g/mol. The number of carbonyl (C=O) groups is 1. The lowest BCUT2D eigenvalue weighted by Crippen LogP contribution is -2.60. The van der Waals surface area contributed by atoms with Crippen LogP contribution in [0.25, 0.3) is 0 Å². The van der Waals surface area contributed by atoms with Gasteiger partial charge in [0.25, 0.3) is 0 Å². The van der Waals surface area contributed by atoms with Crippen LogP contribution in [0.15, 0.2) is 18.2 Å². The van der Waals surface area contributed by atoms with Crippen molar-refractivity contribution in [2.75, 3.05) is 5.32 Å². The van der Waals surface area contributed by atoms with Crippen molar-refractivity contribution in [3.05, 3.63) is 29.3 Å². The van der Waals surface area contributed by atoms with Crippen molar-refractivity contribution in [2.45, 2.75) is 72.3 Å². The van der Waals surface area contributed by atoms with Crippen LogP contribution in [0.4, 0.5) is 5.69 Å². The number of hydrogen-bond acceptors (Lipinski definition) is 3. The molecule has 0 radical (unpaired) electrons. The molecule has 1 aromatic rings. The average molecular weight is 303 g/mol. The van der Waals surface area contributed by atoms with E-state index in [4.69, 9.17) is 0 Å². The molecule has 122 valence electrons. The molecule has 0 saturated heterocycles. The molecule has 0 aromatic heterocycles. The normalized spacial score (nSPS) is 18.3. The first-order valence-corrected chi connectivity index (χ1v) is 8.11. The number of hydrogen-bond donors (Lipinski definition) is 2. The molecule has 0 saturated carbocycles. The molecule has 1 atom stereocenters. The second-order valence-electron chi connectivity index (χ2n) is 7.34. The fraction of sp³-hybridized carbons (Fsp3) is 0.611. The Balaban J connectivity index is 2.46. The summed E-state index contributed by atoms with van der Waals surface area (Å²) in [5.41, 5.74) is 2.91. The van der Waals surface area contributed by atoms with E-state index >= 15 is 0 Å². The lowest BCUT2D eigenvalue weighted by atomic mass is 9.98. The van der Waals surface area contributed by atoms with Crippen LogP contribution in [-0.2, 0) is 4.79 Å². The van der Waals surface area contributed by atoms with Gasteiger partial charge in [-0.25, -0.2) is 0 Å². The zero-order chi connectivity index (χ0) is 16.7. The molecule has 0 spiro atoms. The zero-order valence-electron chi connectivity index (χ0n) is 14.8. The topological polar surface area (TPSA) is 44.4 Å². The van der Waals surface area contributed by atoms with Gasteiger partial charge in [-0.1, -0.05) is 17.7 Å². The van der Waals surface area contributed by atoms with Crippen LogP contribution >= 0.6 is 0 Å². The summed E-state index contributed by atoms with van der Waals surface area (Å²) in [6.07, 6.45) is 0. The Kier molecular flexibility index (Phi) is 4.64. The van der Waals surface area contributed by atoms with Crippen molar-refractivity contribution in [3.63, 3.8) is 0 Å². The Bertz CT molecular complexity index is 563. The van der Waals surface area contributed by atoms with Crippen LogP contribution in [0.3, 0.4) is 0 Å². The summed E-state index contributed by atoms with van der Waals surface area (Å²) < 4.78 is 0. The summed E-state index contributed by atoms with van der Waals surface area (Å²) in [7, 11) is 0. The van der Waals surface area contributed by atoms with Gasteiger partial charge in [0.15, 0.2) is 0 Å². The first kappa shape index (κ1) is 17.0. The molecule has 22 heavy (non-hydrogen) atoms. The summed E-state index contributed by atoms with van der Waals surface area (Å²) in [5.74, 6) is 0.0629. The fourth-order valence-electron chi connectivity index (χ4n) is 3.69. The van der Waals surface area contributed by atoms with Gasteiger partial charge < -0.3 is 5.32 Å². The third kappa shape index (κ3) is 3.18. The molecular weight excluding hydrogens is 274 g/mol. The fourth-order valence-corrected chi connectivity index (χ4v) is 3.69. The molecule has 0 bridgehead atoms. The van der Waals surface area contributed by atoms with Crippen molar-refractivity contribution >= 4 is 11.6 Å². The van der Waals surface area contributed by atoms with E-state index in [1.807, 2.05) is 12.1 Å². The van der Waals surface area contributed by atoms with Gasteiger partial charge >= 0.3 is 0 Å². The van der Waals surface area contributed by atoms with E-state index in [0.717, 1.165) is 11.3 Å². The molecule has 2 N–H and O–H groups in total. The van der Waals surface area contributed by atoms with Gasteiger partial charge in [-0.15, -0.1) is 0 Å². The van der Waals surface area contributed by atoms with E-state index in [-0.39, 0.29) is 23.7 Å². The molecular formula is C18H29N3O. The number of amides is 1. The van der Waals surface area contributed by atoms with Crippen molar-refractivity contribution < 1.29 is 4.79 Å². The lowest BCUT2D eigenvalue weighted by Gasteiger charge is -2.46. The quantitative estimate of drug-likeness (QED) is 0.819. The molecule has 1 amide bonds. The van der Waals surface area contributed by atoms with E-state index in [2.05, 4.69) is 70.1 Å². The van der Waals surface area contributed by atoms with Crippen molar-refractivity contribution in [3.8, 4) is 0 Å². The number of rotatable bonds is 5. The largest absolute Gasteiger partial charge is 0.324 e. The van der Waals surface area contributed by atoms with Gasteiger partial charge in [0.2, 0.25) is 5.91 Å². The van der Waals surface area contributed by atoms with Crippen LogP contribution in [0, 0.1) is 6.92 Å². The number of carbonyl (C=O) groups excluding carboxylic acids is 1. The highest BCUT2D eigenvalue weighted by atomic mass is 16.2. The van der Waals surface area contributed by atoms with Gasteiger partial charge in [-0.2, -0.15) is 0 Å². The predicted octanol–water partition coefficient (Wildman–Crippen LogP) is 3.43. The number of fused-ring (bicyclic) bond motifs is 1. The van der Waals surface area contributed by atoms with Crippen molar-refractivity contribution in [2.24, 2.45) is 0 Å². The zero-order valence-corrected chi connectivity index (χ0v) is 14.8. The Hall–Kier alpha value is -1.39. The van der Waals surface area contributed by atoms with E-state index in [0.29, 0.717) is 6.04 Å². The van der Waals surface area contributed by atoms with Crippen LogP contribution in [0.5, 0.6) is 0 Å². The maximum Gasteiger partial charge on any atom is 0.246 e. The van der Waals surface area contributed by atoms with Gasteiger partial charge in [-0.05, 0) is 54.5 Å². The Morgan fingerprint density at radius 3 is 2.41 bits per heavy atom. The molecule has 1 aliphatic heterocycles. The molecule has 4 heteroatoms. The number of benzene rings is 1. The maximum atomic E-state index is 12.6. The van der Waals surface area contributed by atoms with Gasteiger partial charge in [0.05, 0.1) is 5.66 Å². The number of aryl methyl sites for hydroxylation is 1. The highest BCUT2D eigenvalue weighted by Crippen LogP contribution is 2.39. The smallest absolute Gasteiger partial charge is 0.246 e. The standard InChI is InChI=1S/C18H29N3O/c1-11(2)20-18(6,7)21(12(3)4)16-14-10-13(5)8-9-15(14)19-17(16)22/h8-12,16,20H,1-7H3,(H,19,22). The molecule has 1 aromatic carbocycles. The second-order valence-corrected chi connectivity index (χ2v) is 7.34. The van der Waals surface area contributed by atoms with E-state index < -0.39 is 0 Å². The minimum atomic E-state index is -0.282. The first-order valence-electron chi connectivity index (χ1n) is 8.11. The predicted molar refractivity (Wildman–Crippen MR) is 91.9 cm³/mol. The lowest BCUT2D eigenvalue weighted by molar-refractivity contribution is -0.125. The molecule has 1 aliphatic rings. The van der Waals surface area contributed by atoms with E-state index in [1.165, 1.54) is 5.56 Å². The highest BCUT2D eigenvalue weighted by molar-refractivity contribution is 6.02. The van der Waals surface area contributed by atoms with Gasteiger partial charge in [0, 0.05) is 23.3 Å². The maximum absolute atomic E-state index is 12.6. The number of nitrogens with zero attached hydrogens (tertiary/aromatic N) is 1. The summed E-state index contributed by atoms with van der Waals surface area (Å²) in [5, 5.41) is 6.62. The SMILES string of the molecule is Cc1ccc2c(c1)C(N(C(C)C)C(C)(C)NC(C)C)C(=O)N2. The van der Waals surface area contributed by atoms with Crippen LogP contribution in [-0.4, -0.2) is 28.6 Å².